The molecule has 2 aromatic carbocycles. The molecule has 0 bridgehead atoms. The lowest BCUT2D eigenvalue weighted by atomic mass is 10.2. The molecule has 4 nitrogen and oxygen atoms in total. The molecule has 0 aromatic heterocycles. The third kappa shape index (κ3) is 3.08. The lowest BCUT2D eigenvalue weighted by molar-refractivity contribution is 0.471. The maximum Gasteiger partial charge on any atom is 0.263 e. The van der Waals surface area contributed by atoms with E-state index in [9.17, 15) is 13.5 Å². The first-order valence-electron chi connectivity index (χ1n) is 5.47. The Morgan fingerprint density at radius 2 is 1.84 bits per heavy atom. The van der Waals surface area contributed by atoms with Gasteiger partial charge in [0.15, 0.2) is 0 Å². The highest BCUT2D eigenvalue weighted by Gasteiger charge is 2.17. The summed E-state index contributed by atoms with van der Waals surface area (Å²) in [6.45, 7) is 1.70. The summed E-state index contributed by atoms with van der Waals surface area (Å²) in [6.07, 6.45) is 0. The molecule has 2 aromatic rings. The molecule has 0 saturated heterocycles. The second-order valence-electron chi connectivity index (χ2n) is 4.04. The molecular weight excluding hydrogens is 330 g/mol. The van der Waals surface area contributed by atoms with Crippen molar-refractivity contribution >= 4 is 31.6 Å². The van der Waals surface area contributed by atoms with Gasteiger partial charge in [0.2, 0.25) is 0 Å². The molecule has 0 heterocycles. The normalized spacial score (nSPS) is 11.3. The highest BCUT2D eigenvalue weighted by Crippen LogP contribution is 2.26. The topological polar surface area (TPSA) is 66.4 Å². The van der Waals surface area contributed by atoms with Crippen molar-refractivity contribution in [3.8, 4) is 5.75 Å². The number of phenols is 1. The van der Waals surface area contributed by atoms with Crippen LogP contribution in [0.2, 0.25) is 0 Å². The Bertz CT molecular complexity index is 714. The summed E-state index contributed by atoms with van der Waals surface area (Å²) >= 11 is 3.21. The van der Waals surface area contributed by atoms with Gasteiger partial charge in [-0.1, -0.05) is 12.1 Å². The van der Waals surface area contributed by atoms with E-state index in [1.165, 1.54) is 18.2 Å². The fourth-order valence-electron chi connectivity index (χ4n) is 1.59. The predicted octanol–water partition coefficient (Wildman–Crippen LogP) is 3.26. The predicted molar refractivity (Wildman–Crippen MR) is 77.8 cm³/mol. The third-order valence-corrected chi connectivity index (χ3v) is 4.97. The van der Waals surface area contributed by atoms with E-state index in [0.717, 1.165) is 0 Å². The van der Waals surface area contributed by atoms with Crippen molar-refractivity contribution in [2.45, 2.75) is 11.8 Å². The van der Waals surface area contributed by atoms with E-state index in [1.807, 2.05) is 0 Å². The number of aromatic hydroxyl groups is 1. The number of phenolic OH excluding ortho intramolecular Hbond substituents is 1. The number of halogens is 1. The molecule has 0 aliphatic heterocycles. The van der Waals surface area contributed by atoms with E-state index in [4.69, 9.17) is 0 Å². The van der Waals surface area contributed by atoms with E-state index in [-0.39, 0.29) is 10.6 Å². The standard InChI is InChI=1S/C13H12BrNO3S/c1-9-8-10(6-7-12(9)16)15-19(17,18)13-5-3-2-4-11(13)14/h2-8,15-16H,1H3. The van der Waals surface area contributed by atoms with E-state index in [2.05, 4.69) is 20.7 Å². The molecule has 2 rings (SSSR count). The number of nitrogens with one attached hydrogen (secondary N) is 1. The Labute approximate surface area is 120 Å². The zero-order valence-corrected chi connectivity index (χ0v) is 12.5. The van der Waals surface area contributed by atoms with Crippen molar-refractivity contribution in [3.63, 3.8) is 0 Å². The number of anilines is 1. The van der Waals surface area contributed by atoms with Crippen molar-refractivity contribution in [1.82, 2.24) is 0 Å². The molecule has 0 spiro atoms. The number of benzene rings is 2. The van der Waals surface area contributed by atoms with Gasteiger partial charge in [-0.2, -0.15) is 0 Å². The van der Waals surface area contributed by atoms with Crippen LogP contribution in [0, 0.1) is 6.92 Å². The summed E-state index contributed by atoms with van der Waals surface area (Å²) in [5.74, 6) is 0.129. The van der Waals surface area contributed by atoms with E-state index < -0.39 is 10.0 Å². The number of rotatable bonds is 3. The average molecular weight is 342 g/mol. The molecule has 0 unspecified atom stereocenters. The minimum absolute atomic E-state index is 0.129. The first-order valence-corrected chi connectivity index (χ1v) is 7.75. The van der Waals surface area contributed by atoms with Crippen molar-refractivity contribution < 1.29 is 13.5 Å². The summed E-state index contributed by atoms with van der Waals surface area (Å²) in [7, 11) is -3.65. The molecule has 0 amide bonds. The Balaban J connectivity index is 2.37. The Morgan fingerprint density at radius 1 is 1.16 bits per heavy atom. The van der Waals surface area contributed by atoms with Gasteiger partial charge in [-0.25, -0.2) is 8.42 Å². The molecule has 19 heavy (non-hydrogen) atoms. The van der Waals surface area contributed by atoms with Crippen molar-refractivity contribution in [2.75, 3.05) is 4.72 Å². The fraction of sp³-hybridized carbons (Fsp3) is 0.0769. The van der Waals surface area contributed by atoms with Crippen LogP contribution in [0.15, 0.2) is 51.8 Å². The molecule has 0 saturated carbocycles. The summed E-state index contributed by atoms with van der Waals surface area (Å²) in [5.41, 5.74) is 1.01. The molecule has 0 aliphatic carbocycles. The van der Waals surface area contributed by atoms with Crippen molar-refractivity contribution in [2.24, 2.45) is 0 Å². The molecule has 2 N–H and O–H groups in total. The lowest BCUT2D eigenvalue weighted by Gasteiger charge is -2.10. The van der Waals surface area contributed by atoms with Crippen LogP contribution in [0.25, 0.3) is 0 Å². The Morgan fingerprint density at radius 3 is 2.47 bits per heavy atom. The Kier molecular flexibility index (Phi) is 3.82. The first-order chi connectivity index (χ1) is 8.90. The van der Waals surface area contributed by atoms with Gasteiger partial charge in [0.25, 0.3) is 10.0 Å². The van der Waals surface area contributed by atoms with Crippen LogP contribution in [-0.2, 0) is 10.0 Å². The van der Waals surface area contributed by atoms with Gasteiger partial charge in [0.1, 0.15) is 10.6 Å². The monoisotopic (exact) mass is 341 g/mol. The highest BCUT2D eigenvalue weighted by atomic mass is 79.9. The summed E-state index contributed by atoms with van der Waals surface area (Å²) in [5, 5.41) is 9.42. The number of sulfonamides is 1. The minimum atomic E-state index is -3.65. The van der Waals surface area contributed by atoms with Gasteiger partial charge >= 0.3 is 0 Å². The van der Waals surface area contributed by atoms with E-state index >= 15 is 0 Å². The average Bonchev–Trinajstić information content (AvgIpc) is 2.34. The smallest absolute Gasteiger partial charge is 0.263 e. The maximum atomic E-state index is 12.2. The van der Waals surface area contributed by atoms with Gasteiger partial charge in [-0.3, -0.25) is 4.72 Å². The van der Waals surface area contributed by atoms with Crippen LogP contribution in [0.4, 0.5) is 5.69 Å². The Hall–Kier alpha value is -1.53. The summed E-state index contributed by atoms with van der Waals surface area (Å²) < 4.78 is 27.4. The van der Waals surface area contributed by atoms with Crippen LogP contribution >= 0.6 is 15.9 Å². The van der Waals surface area contributed by atoms with Gasteiger partial charge in [-0.15, -0.1) is 0 Å². The van der Waals surface area contributed by atoms with Crippen molar-refractivity contribution in [3.05, 3.63) is 52.5 Å². The minimum Gasteiger partial charge on any atom is -0.508 e. The number of aryl methyl sites for hydroxylation is 1. The second kappa shape index (κ2) is 5.22. The van der Waals surface area contributed by atoms with Gasteiger partial charge in [0.05, 0.1) is 0 Å². The number of hydrogen-bond donors (Lipinski definition) is 2. The maximum absolute atomic E-state index is 12.2. The molecule has 0 atom stereocenters. The third-order valence-electron chi connectivity index (χ3n) is 2.58. The van der Waals surface area contributed by atoms with Crippen LogP contribution in [0.3, 0.4) is 0 Å². The highest BCUT2D eigenvalue weighted by molar-refractivity contribution is 9.10. The zero-order chi connectivity index (χ0) is 14.0. The molecule has 0 aliphatic rings. The largest absolute Gasteiger partial charge is 0.508 e. The van der Waals surface area contributed by atoms with E-state index in [1.54, 1.807) is 31.2 Å². The van der Waals surface area contributed by atoms with Crippen LogP contribution < -0.4 is 4.72 Å². The van der Waals surface area contributed by atoms with Gasteiger partial charge in [0, 0.05) is 10.2 Å². The SMILES string of the molecule is Cc1cc(NS(=O)(=O)c2ccccc2Br)ccc1O. The van der Waals surface area contributed by atoms with Gasteiger partial charge < -0.3 is 5.11 Å². The molecule has 0 radical (unpaired) electrons. The van der Waals surface area contributed by atoms with Crippen molar-refractivity contribution in [1.29, 1.82) is 0 Å². The molecular formula is C13H12BrNO3S. The summed E-state index contributed by atoms with van der Waals surface area (Å²) in [4.78, 5) is 0.167. The van der Waals surface area contributed by atoms with Crippen LogP contribution in [-0.4, -0.2) is 13.5 Å². The lowest BCUT2D eigenvalue weighted by Crippen LogP contribution is -2.13. The fourth-order valence-corrected chi connectivity index (χ4v) is 3.65. The van der Waals surface area contributed by atoms with Crippen LogP contribution in [0.1, 0.15) is 5.56 Å². The second-order valence-corrected chi connectivity index (χ2v) is 6.54. The zero-order valence-electron chi connectivity index (χ0n) is 10.1. The summed E-state index contributed by atoms with van der Waals surface area (Å²) in [6, 6.07) is 11.1. The van der Waals surface area contributed by atoms with Crippen LogP contribution in [0.5, 0.6) is 5.75 Å². The molecule has 6 heteroatoms. The first kappa shape index (κ1) is 13.9. The van der Waals surface area contributed by atoms with Gasteiger partial charge in [-0.05, 0) is 58.7 Å². The quantitative estimate of drug-likeness (QED) is 0.842. The van der Waals surface area contributed by atoms with E-state index in [0.29, 0.717) is 15.7 Å². The number of hydrogen-bond acceptors (Lipinski definition) is 3. The molecule has 100 valence electrons. The molecule has 0 fully saturated rings.